The van der Waals surface area contributed by atoms with Gasteiger partial charge in [-0.25, -0.2) is 0 Å². The standard InChI is InChI=1S/C29H33F6NO5/c1-27(26(38)39)9-5-10-36(17-27)15-19-8-11-40-25(24(19)18-6-3-2-4-7-18)41-23(16-37)20-12-21(28(30,31)32)14-22(13-20)29(33,34)35/h2-4,6-7,12-14,19,23-25,37H,5,8-11,15-17H2,1H3,(H,38,39)/t19-,23?,24-,25+,27?/m0/s1. The number of nitrogens with zero attached hydrogens (tertiary/aromatic N) is 1. The molecule has 2 saturated heterocycles. The average molecular weight is 590 g/mol. The summed E-state index contributed by atoms with van der Waals surface area (Å²) in [5, 5.41) is 19.8. The van der Waals surface area contributed by atoms with E-state index < -0.39 is 65.3 Å². The van der Waals surface area contributed by atoms with Crippen molar-refractivity contribution in [3.63, 3.8) is 0 Å². The first-order chi connectivity index (χ1) is 19.2. The van der Waals surface area contributed by atoms with Gasteiger partial charge < -0.3 is 24.6 Å². The van der Waals surface area contributed by atoms with Gasteiger partial charge in [0.2, 0.25) is 0 Å². The Bertz CT molecular complexity index is 1160. The van der Waals surface area contributed by atoms with Crippen molar-refractivity contribution in [2.45, 2.75) is 56.9 Å². The predicted octanol–water partition coefficient (Wildman–Crippen LogP) is 6.11. The molecule has 4 rings (SSSR count). The number of halogens is 6. The molecule has 12 heteroatoms. The van der Waals surface area contributed by atoms with Crippen molar-refractivity contribution in [3.8, 4) is 0 Å². The Morgan fingerprint density at radius 2 is 1.73 bits per heavy atom. The van der Waals surface area contributed by atoms with Gasteiger partial charge >= 0.3 is 18.3 Å². The molecular formula is C29H33F6NO5. The Morgan fingerprint density at radius 1 is 1.10 bits per heavy atom. The van der Waals surface area contributed by atoms with E-state index in [1.165, 1.54) is 0 Å². The maximum atomic E-state index is 13.5. The van der Waals surface area contributed by atoms with Crippen molar-refractivity contribution in [1.82, 2.24) is 4.90 Å². The Kier molecular flexibility index (Phi) is 9.37. The molecule has 0 radical (unpaired) electrons. The highest BCUT2D eigenvalue weighted by Gasteiger charge is 2.43. The number of hydrogen-bond donors (Lipinski definition) is 2. The lowest BCUT2D eigenvalue weighted by atomic mass is 9.78. The molecule has 41 heavy (non-hydrogen) atoms. The SMILES string of the molecule is CC1(C(=O)O)CCCN(C[C@@H]2CCO[C@H](OC(CO)c3cc(C(F)(F)F)cc(C(F)(F)F)c3)[C@H]2c2ccccc2)C1. The molecule has 2 N–H and O–H groups in total. The lowest BCUT2D eigenvalue weighted by Crippen LogP contribution is -2.49. The number of benzene rings is 2. The van der Waals surface area contributed by atoms with Gasteiger partial charge in [0.15, 0.2) is 6.29 Å². The molecule has 0 spiro atoms. The summed E-state index contributed by atoms with van der Waals surface area (Å²) in [5.41, 5.74) is -3.59. The molecule has 2 aromatic rings. The summed E-state index contributed by atoms with van der Waals surface area (Å²) >= 11 is 0. The number of likely N-dealkylation sites (tertiary alicyclic amines) is 1. The monoisotopic (exact) mass is 589 g/mol. The van der Waals surface area contributed by atoms with E-state index >= 15 is 0 Å². The minimum absolute atomic E-state index is 0.0291. The van der Waals surface area contributed by atoms with Crippen LogP contribution in [0.25, 0.3) is 0 Å². The Balaban J connectivity index is 1.64. The second-order valence-corrected chi connectivity index (χ2v) is 11.1. The number of piperidine rings is 1. The molecule has 2 unspecified atom stereocenters. The lowest BCUT2D eigenvalue weighted by Gasteiger charge is -2.44. The number of alkyl halides is 6. The number of carboxylic acid groups (broad SMARTS) is 1. The Labute approximate surface area is 233 Å². The van der Waals surface area contributed by atoms with E-state index in [0.29, 0.717) is 51.0 Å². The molecule has 226 valence electrons. The van der Waals surface area contributed by atoms with Gasteiger partial charge in [-0.3, -0.25) is 4.79 Å². The number of carboxylic acids is 1. The van der Waals surface area contributed by atoms with Gasteiger partial charge in [0, 0.05) is 19.0 Å². The summed E-state index contributed by atoms with van der Waals surface area (Å²) in [6, 6.07) is 10.2. The van der Waals surface area contributed by atoms with Crippen LogP contribution in [0.5, 0.6) is 0 Å². The highest BCUT2D eigenvalue weighted by atomic mass is 19.4. The van der Waals surface area contributed by atoms with Gasteiger partial charge in [-0.2, -0.15) is 26.3 Å². The van der Waals surface area contributed by atoms with E-state index in [2.05, 4.69) is 4.90 Å². The van der Waals surface area contributed by atoms with Gasteiger partial charge in [0.05, 0.1) is 29.8 Å². The number of carbonyl (C=O) groups is 1. The van der Waals surface area contributed by atoms with Crippen molar-refractivity contribution in [2.24, 2.45) is 11.3 Å². The maximum absolute atomic E-state index is 13.5. The van der Waals surface area contributed by atoms with Crippen LogP contribution in [0, 0.1) is 11.3 Å². The van der Waals surface area contributed by atoms with Crippen molar-refractivity contribution >= 4 is 5.97 Å². The molecule has 2 fully saturated rings. The van der Waals surface area contributed by atoms with E-state index in [0.717, 1.165) is 5.56 Å². The first-order valence-electron chi connectivity index (χ1n) is 13.4. The maximum Gasteiger partial charge on any atom is 0.416 e. The van der Waals surface area contributed by atoms with Crippen LogP contribution in [0.1, 0.15) is 60.5 Å². The minimum atomic E-state index is -5.05. The second kappa shape index (κ2) is 12.3. The summed E-state index contributed by atoms with van der Waals surface area (Å²) in [6.45, 7) is 2.57. The van der Waals surface area contributed by atoms with Crippen molar-refractivity contribution in [2.75, 3.05) is 32.8 Å². The molecule has 2 aromatic carbocycles. The van der Waals surface area contributed by atoms with Crippen LogP contribution in [0.15, 0.2) is 48.5 Å². The lowest BCUT2D eigenvalue weighted by molar-refractivity contribution is -0.219. The summed E-state index contributed by atoms with van der Waals surface area (Å²) in [7, 11) is 0. The number of aliphatic hydroxyl groups excluding tert-OH is 1. The fourth-order valence-corrected chi connectivity index (χ4v) is 5.83. The second-order valence-electron chi connectivity index (χ2n) is 11.1. The molecule has 6 nitrogen and oxygen atoms in total. The first-order valence-corrected chi connectivity index (χ1v) is 13.4. The Morgan fingerprint density at radius 3 is 2.29 bits per heavy atom. The summed E-state index contributed by atoms with van der Waals surface area (Å²) in [4.78, 5) is 14.0. The van der Waals surface area contributed by atoms with Crippen LogP contribution >= 0.6 is 0 Å². The van der Waals surface area contributed by atoms with Gasteiger partial charge in [-0.05, 0) is 68.0 Å². The average Bonchev–Trinajstić information content (AvgIpc) is 2.91. The Hall–Kier alpha value is -2.67. The molecule has 2 heterocycles. The van der Waals surface area contributed by atoms with Gasteiger partial charge in [-0.1, -0.05) is 30.3 Å². The molecule has 5 atom stereocenters. The van der Waals surface area contributed by atoms with Crippen LogP contribution in [-0.2, 0) is 26.6 Å². The van der Waals surface area contributed by atoms with Gasteiger partial charge in [0.25, 0.3) is 0 Å². The van der Waals surface area contributed by atoms with Crippen LogP contribution in [-0.4, -0.2) is 60.2 Å². The van der Waals surface area contributed by atoms with Crippen LogP contribution in [0.2, 0.25) is 0 Å². The number of rotatable bonds is 8. The highest BCUT2D eigenvalue weighted by Crippen LogP contribution is 2.42. The third-order valence-corrected chi connectivity index (χ3v) is 7.99. The smallest absolute Gasteiger partial charge is 0.416 e. The fraction of sp³-hybridized carbons (Fsp3) is 0.552. The zero-order valence-electron chi connectivity index (χ0n) is 22.4. The van der Waals surface area contributed by atoms with Crippen LogP contribution in [0.4, 0.5) is 26.3 Å². The summed E-state index contributed by atoms with van der Waals surface area (Å²) < 4.78 is 92.8. The summed E-state index contributed by atoms with van der Waals surface area (Å²) in [5.74, 6) is -1.48. The zero-order valence-corrected chi connectivity index (χ0v) is 22.4. The zero-order chi connectivity index (χ0) is 30.0. The van der Waals surface area contributed by atoms with Crippen molar-refractivity contribution in [3.05, 3.63) is 70.8 Å². The van der Waals surface area contributed by atoms with Crippen molar-refractivity contribution < 1.29 is 50.8 Å². The molecule has 0 amide bonds. The van der Waals surface area contributed by atoms with E-state index in [-0.39, 0.29) is 18.6 Å². The van der Waals surface area contributed by atoms with Gasteiger partial charge in [0.1, 0.15) is 6.10 Å². The summed E-state index contributed by atoms with van der Waals surface area (Å²) in [6.07, 6.45) is -10.9. The molecule has 0 aromatic heterocycles. The van der Waals surface area contributed by atoms with Crippen LogP contribution in [0.3, 0.4) is 0 Å². The van der Waals surface area contributed by atoms with E-state index in [4.69, 9.17) is 9.47 Å². The molecule has 0 bridgehead atoms. The van der Waals surface area contributed by atoms with E-state index in [1.54, 1.807) is 25.1 Å². The third kappa shape index (κ3) is 7.40. The van der Waals surface area contributed by atoms with Crippen molar-refractivity contribution in [1.29, 1.82) is 0 Å². The molecule has 0 saturated carbocycles. The topological polar surface area (TPSA) is 79.2 Å². The quantitative estimate of drug-likeness (QED) is 0.362. The fourth-order valence-electron chi connectivity index (χ4n) is 5.83. The third-order valence-electron chi connectivity index (χ3n) is 7.99. The van der Waals surface area contributed by atoms with Gasteiger partial charge in [-0.15, -0.1) is 0 Å². The number of hydrogen-bond acceptors (Lipinski definition) is 5. The first kappa shape index (κ1) is 31.3. The van der Waals surface area contributed by atoms with E-state index in [1.807, 2.05) is 12.1 Å². The molecule has 2 aliphatic heterocycles. The minimum Gasteiger partial charge on any atom is -0.481 e. The highest BCUT2D eigenvalue weighted by molar-refractivity contribution is 5.74. The van der Waals surface area contributed by atoms with Crippen LogP contribution < -0.4 is 0 Å². The normalized spacial score (nSPS) is 27.0. The number of ether oxygens (including phenoxy) is 2. The largest absolute Gasteiger partial charge is 0.481 e. The molecule has 0 aliphatic carbocycles. The van der Waals surface area contributed by atoms with E-state index in [9.17, 15) is 41.4 Å². The predicted molar refractivity (Wildman–Crippen MR) is 136 cm³/mol. The number of aliphatic hydroxyl groups is 1. The molecule has 2 aliphatic rings. The number of aliphatic carboxylic acids is 1. The molecular weight excluding hydrogens is 556 g/mol.